The van der Waals surface area contributed by atoms with E-state index in [2.05, 4.69) is 15.0 Å². The highest BCUT2D eigenvalue weighted by Crippen LogP contribution is 2.11. The van der Waals surface area contributed by atoms with Crippen molar-refractivity contribution < 1.29 is 28.2 Å². The SMILES string of the molecule is Cc1ccc(S(=O)(=O)NCn2nnc(C(=O)O)c2C(=O)O)cc1. The van der Waals surface area contributed by atoms with E-state index in [1.54, 1.807) is 19.1 Å². The fourth-order valence-corrected chi connectivity index (χ4v) is 2.68. The van der Waals surface area contributed by atoms with E-state index in [4.69, 9.17) is 10.2 Å². The van der Waals surface area contributed by atoms with Gasteiger partial charge in [0.15, 0.2) is 5.69 Å². The van der Waals surface area contributed by atoms with Gasteiger partial charge in [-0.25, -0.2) is 22.7 Å². The lowest BCUT2D eigenvalue weighted by atomic mass is 10.2. The van der Waals surface area contributed by atoms with Crippen LogP contribution in [0.5, 0.6) is 0 Å². The molecule has 0 fully saturated rings. The maximum Gasteiger partial charge on any atom is 0.359 e. The Labute approximate surface area is 130 Å². The van der Waals surface area contributed by atoms with Gasteiger partial charge >= 0.3 is 11.9 Å². The van der Waals surface area contributed by atoms with Crippen LogP contribution >= 0.6 is 0 Å². The number of sulfonamides is 1. The van der Waals surface area contributed by atoms with Crippen molar-refractivity contribution in [3.05, 3.63) is 41.2 Å². The maximum absolute atomic E-state index is 12.1. The molecule has 1 heterocycles. The number of nitrogens with zero attached hydrogens (tertiary/aromatic N) is 3. The number of carboxylic acids is 2. The fraction of sp³-hybridized carbons (Fsp3) is 0.167. The largest absolute Gasteiger partial charge is 0.476 e. The molecule has 0 radical (unpaired) electrons. The molecule has 0 bridgehead atoms. The Hall–Kier alpha value is -2.79. The summed E-state index contributed by atoms with van der Waals surface area (Å²) >= 11 is 0. The van der Waals surface area contributed by atoms with E-state index < -0.39 is 40.0 Å². The Bertz CT molecular complexity index is 856. The molecule has 122 valence electrons. The van der Waals surface area contributed by atoms with Crippen molar-refractivity contribution in [2.45, 2.75) is 18.5 Å². The third-order valence-electron chi connectivity index (χ3n) is 2.88. The number of hydrogen-bond donors (Lipinski definition) is 3. The van der Waals surface area contributed by atoms with Crippen LogP contribution in [0, 0.1) is 6.92 Å². The van der Waals surface area contributed by atoms with Crippen molar-refractivity contribution in [2.75, 3.05) is 0 Å². The standard InChI is InChI=1S/C12H12N4O6S/c1-7-2-4-8(5-3-7)23(21,22)13-6-16-10(12(19)20)9(11(17)18)14-15-16/h2-5,13H,6H2,1H3,(H,17,18)(H,19,20). The monoisotopic (exact) mass is 340 g/mol. The number of hydrogen-bond acceptors (Lipinski definition) is 6. The van der Waals surface area contributed by atoms with Gasteiger partial charge in [-0.2, -0.15) is 4.72 Å². The molecule has 1 aromatic heterocycles. The van der Waals surface area contributed by atoms with E-state index >= 15 is 0 Å². The number of aryl methyl sites for hydroxylation is 1. The number of rotatable bonds is 6. The zero-order valence-electron chi connectivity index (χ0n) is 11.8. The maximum atomic E-state index is 12.1. The average molecular weight is 340 g/mol. The lowest BCUT2D eigenvalue weighted by Crippen LogP contribution is -2.29. The molecule has 2 rings (SSSR count). The van der Waals surface area contributed by atoms with Crippen molar-refractivity contribution in [1.29, 1.82) is 0 Å². The normalized spacial score (nSPS) is 11.3. The first-order valence-electron chi connectivity index (χ1n) is 6.19. The summed E-state index contributed by atoms with van der Waals surface area (Å²) in [4.78, 5) is 22.0. The van der Waals surface area contributed by atoms with E-state index in [0.29, 0.717) is 4.68 Å². The summed E-state index contributed by atoms with van der Waals surface area (Å²) in [6, 6.07) is 5.99. The van der Waals surface area contributed by atoms with Gasteiger partial charge in [-0.15, -0.1) is 5.10 Å². The quantitative estimate of drug-likeness (QED) is 0.660. The van der Waals surface area contributed by atoms with Gasteiger partial charge in [0.2, 0.25) is 15.7 Å². The van der Waals surface area contributed by atoms with E-state index in [1.165, 1.54) is 12.1 Å². The van der Waals surface area contributed by atoms with E-state index in [9.17, 15) is 18.0 Å². The first kappa shape index (κ1) is 16.6. The third kappa shape index (κ3) is 3.52. The van der Waals surface area contributed by atoms with Crippen LogP contribution in [0.15, 0.2) is 29.2 Å². The topological polar surface area (TPSA) is 151 Å². The van der Waals surface area contributed by atoms with Crippen LogP contribution in [0.1, 0.15) is 26.5 Å². The summed E-state index contributed by atoms with van der Waals surface area (Å²) in [6.07, 6.45) is 0. The minimum atomic E-state index is -3.91. The minimum absolute atomic E-state index is 0.0152. The summed E-state index contributed by atoms with van der Waals surface area (Å²) < 4.78 is 27.0. The van der Waals surface area contributed by atoms with Crippen molar-refractivity contribution in [1.82, 2.24) is 19.7 Å². The molecular formula is C12H12N4O6S. The molecule has 10 nitrogen and oxygen atoms in total. The lowest BCUT2D eigenvalue weighted by Gasteiger charge is -2.08. The molecule has 11 heteroatoms. The van der Waals surface area contributed by atoms with Gasteiger partial charge in [0.25, 0.3) is 0 Å². The number of aromatic carboxylic acids is 2. The Kier molecular flexibility index (Phi) is 4.43. The second kappa shape index (κ2) is 6.14. The summed E-state index contributed by atoms with van der Waals surface area (Å²) in [6.45, 7) is 1.23. The Morgan fingerprint density at radius 1 is 1.17 bits per heavy atom. The molecular weight excluding hydrogens is 328 g/mol. The van der Waals surface area contributed by atoms with Gasteiger partial charge < -0.3 is 10.2 Å². The second-order valence-corrected chi connectivity index (χ2v) is 6.28. The molecule has 0 aliphatic rings. The molecule has 0 saturated heterocycles. The first-order valence-corrected chi connectivity index (χ1v) is 7.67. The highest BCUT2D eigenvalue weighted by Gasteiger charge is 2.25. The van der Waals surface area contributed by atoms with Crippen LogP contribution in [0.4, 0.5) is 0 Å². The number of benzene rings is 1. The number of nitrogens with one attached hydrogen (secondary N) is 1. The van der Waals surface area contributed by atoms with Gasteiger partial charge in [-0.3, -0.25) is 0 Å². The van der Waals surface area contributed by atoms with Gasteiger partial charge in [0.1, 0.15) is 6.67 Å². The smallest absolute Gasteiger partial charge is 0.359 e. The molecule has 0 atom stereocenters. The van der Waals surface area contributed by atoms with Gasteiger partial charge in [-0.1, -0.05) is 22.9 Å². The predicted octanol–water partition coefficient (Wildman–Crippen LogP) is -0.0811. The van der Waals surface area contributed by atoms with Crippen molar-refractivity contribution in [3.63, 3.8) is 0 Å². The second-order valence-electron chi connectivity index (χ2n) is 4.52. The van der Waals surface area contributed by atoms with Crippen LogP contribution in [-0.2, 0) is 16.7 Å². The number of aromatic nitrogens is 3. The van der Waals surface area contributed by atoms with Crippen LogP contribution in [-0.4, -0.2) is 45.6 Å². The molecule has 0 amide bonds. The van der Waals surface area contributed by atoms with Gasteiger partial charge in [-0.05, 0) is 19.1 Å². The van der Waals surface area contributed by atoms with Crippen LogP contribution in [0.3, 0.4) is 0 Å². The fourth-order valence-electron chi connectivity index (χ4n) is 1.73. The molecule has 23 heavy (non-hydrogen) atoms. The number of carbonyl (C=O) groups is 2. The molecule has 1 aromatic carbocycles. The molecule has 0 unspecified atom stereocenters. The zero-order chi connectivity index (χ0) is 17.2. The summed E-state index contributed by atoms with van der Waals surface area (Å²) in [5, 5.41) is 24.4. The minimum Gasteiger partial charge on any atom is -0.476 e. The van der Waals surface area contributed by atoms with E-state index in [-0.39, 0.29) is 4.90 Å². The summed E-state index contributed by atoms with van der Waals surface area (Å²) in [7, 11) is -3.91. The molecule has 0 saturated carbocycles. The Morgan fingerprint density at radius 3 is 2.30 bits per heavy atom. The predicted molar refractivity (Wildman–Crippen MR) is 75.4 cm³/mol. The van der Waals surface area contributed by atoms with Gasteiger partial charge in [0, 0.05) is 0 Å². The summed E-state index contributed by atoms with van der Waals surface area (Å²) in [5.74, 6) is -3.16. The van der Waals surface area contributed by atoms with Gasteiger partial charge in [0.05, 0.1) is 4.90 Å². The molecule has 0 spiro atoms. The van der Waals surface area contributed by atoms with Crippen molar-refractivity contribution >= 4 is 22.0 Å². The van der Waals surface area contributed by atoms with E-state index in [1.807, 2.05) is 0 Å². The van der Waals surface area contributed by atoms with Crippen molar-refractivity contribution in [3.8, 4) is 0 Å². The van der Waals surface area contributed by atoms with Crippen LogP contribution in [0.2, 0.25) is 0 Å². The molecule has 3 N–H and O–H groups in total. The highest BCUT2D eigenvalue weighted by molar-refractivity contribution is 7.89. The average Bonchev–Trinajstić information content (AvgIpc) is 2.90. The third-order valence-corrected chi connectivity index (χ3v) is 4.28. The lowest BCUT2D eigenvalue weighted by molar-refractivity contribution is 0.0640. The van der Waals surface area contributed by atoms with Crippen LogP contribution < -0.4 is 4.72 Å². The Morgan fingerprint density at radius 2 is 1.78 bits per heavy atom. The summed E-state index contributed by atoms with van der Waals surface area (Å²) in [5.41, 5.74) is -0.615. The van der Waals surface area contributed by atoms with Crippen LogP contribution in [0.25, 0.3) is 0 Å². The number of carboxylic acid groups (broad SMARTS) is 2. The highest BCUT2D eigenvalue weighted by atomic mass is 32.2. The Balaban J connectivity index is 2.25. The molecule has 0 aliphatic heterocycles. The molecule has 0 aliphatic carbocycles. The zero-order valence-corrected chi connectivity index (χ0v) is 12.6. The molecule has 2 aromatic rings. The first-order chi connectivity index (χ1) is 10.7. The van der Waals surface area contributed by atoms with E-state index in [0.717, 1.165) is 5.56 Å². The van der Waals surface area contributed by atoms with Crippen molar-refractivity contribution in [2.24, 2.45) is 0 Å².